The highest BCUT2D eigenvalue weighted by atomic mass is 16.8. The van der Waals surface area contributed by atoms with Gasteiger partial charge < -0.3 is 144 Å². The summed E-state index contributed by atoms with van der Waals surface area (Å²) in [7, 11) is 0. The minimum atomic E-state index is -1.91. The van der Waals surface area contributed by atoms with Crippen LogP contribution in [0.2, 0.25) is 0 Å². The van der Waals surface area contributed by atoms with E-state index in [0.717, 1.165) is 12.8 Å². The van der Waals surface area contributed by atoms with Gasteiger partial charge in [-0.3, -0.25) is 4.79 Å². The molecule has 4 saturated carbocycles. The predicted octanol–water partition coefficient (Wildman–Crippen LogP) is -3.69. The summed E-state index contributed by atoms with van der Waals surface area (Å²) in [4.78, 5) is 15.3. The number of hydrogen-bond acceptors (Lipinski definition) is 30. The average molecular weight is 1370 g/mol. The Labute approximate surface area is 551 Å². The highest BCUT2D eigenvalue weighted by Gasteiger charge is 2.71. The molecule has 6 aliphatic heterocycles. The number of allylic oxidation sites excluding steroid dienone is 2. The Morgan fingerprint density at radius 1 is 0.495 bits per heavy atom. The monoisotopic (exact) mass is 1370 g/mol. The lowest BCUT2D eigenvalue weighted by Crippen LogP contribution is -2.67. The number of rotatable bonds is 15. The van der Waals surface area contributed by atoms with Crippen LogP contribution in [0.5, 0.6) is 0 Å². The van der Waals surface area contributed by atoms with Gasteiger partial charge in [0.1, 0.15) is 128 Å². The summed E-state index contributed by atoms with van der Waals surface area (Å²) in [6, 6.07) is 0. The number of aliphatic hydroxyl groups excluding tert-OH is 17. The lowest BCUT2D eigenvalue weighted by atomic mass is 9.33. The largest absolute Gasteiger partial charge is 0.432 e. The molecule has 0 amide bonds. The van der Waals surface area contributed by atoms with Gasteiger partial charge in [-0.1, -0.05) is 60.1 Å². The minimum Gasteiger partial charge on any atom is -0.432 e. The number of ether oxygens (including phenoxy) is 12. The molecule has 11 rings (SSSR count). The van der Waals surface area contributed by atoms with Crippen molar-refractivity contribution in [2.75, 3.05) is 26.4 Å². The second-order valence-electron chi connectivity index (χ2n) is 31.4. The maximum absolute atomic E-state index is 15.3. The lowest BCUT2D eigenvalue weighted by Gasteiger charge is -2.71. The van der Waals surface area contributed by atoms with Crippen LogP contribution in [0.3, 0.4) is 0 Å². The number of carbonyl (C=O) groups excluding carboxylic acids is 1. The maximum atomic E-state index is 15.3. The van der Waals surface area contributed by atoms with E-state index < -0.39 is 233 Å². The van der Waals surface area contributed by atoms with Crippen LogP contribution in [-0.4, -0.2) is 303 Å². The summed E-state index contributed by atoms with van der Waals surface area (Å²) in [6.07, 6.45) is -38.9. The zero-order valence-corrected chi connectivity index (χ0v) is 55.4. The molecule has 37 atom stereocenters. The zero-order valence-electron chi connectivity index (χ0n) is 55.4. The van der Waals surface area contributed by atoms with Gasteiger partial charge in [0.2, 0.25) is 6.29 Å². The minimum absolute atomic E-state index is 0.0491. The van der Waals surface area contributed by atoms with E-state index >= 15 is 4.79 Å². The van der Waals surface area contributed by atoms with Crippen LogP contribution < -0.4 is 0 Å². The van der Waals surface area contributed by atoms with Gasteiger partial charge in [0, 0.05) is 0 Å². The molecule has 11 aliphatic rings. The third kappa shape index (κ3) is 12.9. The van der Waals surface area contributed by atoms with Crippen molar-refractivity contribution in [3.63, 3.8) is 0 Å². The van der Waals surface area contributed by atoms with E-state index in [-0.39, 0.29) is 34.0 Å². The molecule has 30 nitrogen and oxygen atoms in total. The number of hydrogen-bond donors (Lipinski definition) is 17. The van der Waals surface area contributed by atoms with Gasteiger partial charge in [-0.05, 0) is 123 Å². The Bertz CT molecular complexity index is 2670. The van der Waals surface area contributed by atoms with Gasteiger partial charge >= 0.3 is 5.97 Å². The van der Waals surface area contributed by atoms with E-state index in [4.69, 9.17) is 56.8 Å². The van der Waals surface area contributed by atoms with Crippen molar-refractivity contribution >= 4 is 5.97 Å². The third-order valence-corrected chi connectivity index (χ3v) is 25.2. The summed E-state index contributed by atoms with van der Waals surface area (Å²) < 4.78 is 72.0. The molecule has 10 fully saturated rings. The van der Waals surface area contributed by atoms with E-state index in [0.29, 0.717) is 51.4 Å². The van der Waals surface area contributed by atoms with Crippen molar-refractivity contribution in [2.24, 2.45) is 50.2 Å². The number of fused-ring (bicyclic) bond motifs is 7. The molecule has 546 valence electrons. The van der Waals surface area contributed by atoms with Crippen LogP contribution in [0.15, 0.2) is 11.6 Å². The van der Waals surface area contributed by atoms with E-state index in [1.165, 1.54) is 19.4 Å². The summed E-state index contributed by atoms with van der Waals surface area (Å²) in [6.45, 7) is 16.0. The molecular formula is C65H106O30. The number of aliphatic hydroxyl groups is 17. The molecule has 17 N–H and O–H groups in total. The highest BCUT2D eigenvalue weighted by molar-refractivity contribution is 5.79. The van der Waals surface area contributed by atoms with Crippen molar-refractivity contribution in [2.45, 2.75) is 311 Å². The fourth-order valence-electron chi connectivity index (χ4n) is 19.0. The first kappa shape index (κ1) is 74.3. The Morgan fingerprint density at radius 3 is 1.69 bits per heavy atom. The fraction of sp³-hybridized carbons (Fsp3) is 0.954. The molecule has 5 aliphatic carbocycles. The van der Waals surface area contributed by atoms with Gasteiger partial charge in [0.25, 0.3) is 0 Å². The standard InChI is InChI=1S/C65H106O30/c1-25-36(69)41(74)47(80)55(86-25)92-50-31(22-67)89-53(49(82)45(50)78)85-24-32-40(73)42(75)48(81)56(90-32)95-59(83)65-18-16-60(3,4)20-28(65)27-10-11-34-62(7)14-13-35(61(5,6)33(62)12-15-64(34,9)63(27,8)17-19-65)91-58-52(44(77)39(72)30(21-66)88-58)94-57-51(43(76)37(70)26(2)87-57)93-54-46(79)38(71)29(68)23-84-54/h10,25-26,28-58,66-82H,11-24H2,1-9H3/t25-,26-,28-,29+,30+,31+,32-,33+,34-,35+,36+,37+,38+,39+,40+,41-,42+,43+,44+,45-,46+,47+,48-,49-,50+,51-,52-,53+,54-,55+,56-,57+,58+,62+,63+,64+,65+/m0/s1. The highest BCUT2D eigenvalue weighted by Crippen LogP contribution is 2.76. The van der Waals surface area contributed by atoms with Crippen LogP contribution in [0, 0.1) is 50.2 Å². The molecule has 6 saturated heterocycles. The quantitative estimate of drug-likeness (QED) is 0.0426. The SMILES string of the molecule is C[C@@H]1O[C@H](O[C@H]2[C@@H](O)[C@H](O)[C@H](OC[C@@H]3O[C@@H](OC(=O)[C@@]45CCC(C)(C)C[C@H]4C4=CC[C@H]6[C@]7(C)CC[C@@H](O[C@H]8O[C@H](CO)[C@@H](O)[C@@H](O)[C@@H]8O[C@H]8O[C@@H](C)[C@@H](O)[C@@H](O)[C@@H]8O[C@@H]8OC[C@@H](O)[C@@H](O)[C@H]8O)C(C)(C)[C@H]7CC[C@@]6(C)[C@]4(C)CC5)[C@@H](O)[C@H](O)[C@@H]3O)O[C@@H]2CO)[C@H](O)[C@@H](O)[C@@H]1O. The average Bonchev–Trinajstić information content (AvgIpc) is 0.679. The molecule has 0 spiro atoms. The third-order valence-electron chi connectivity index (χ3n) is 25.2. The van der Waals surface area contributed by atoms with Gasteiger partial charge in [0.15, 0.2) is 31.5 Å². The molecule has 0 unspecified atom stereocenters. The zero-order chi connectivity index (χ0) is 69.3. The van der Waals surface area contributed by atoms with Crippen molar-refractivity contribution in [1.29, 1.82) is 0 Å². The molecule has 0 radical (unpaired) electrons. The predicted molar refractivity (Wildman–Crippen MR) is 319 cm³/mol. The summed E-state index contributed by atoms with van der Waals surface area (Å²) in [5, 5.41) is 185. The molecule has 95 heavy (non-hydrogen) atoms. The summed E-state index contributed by atoms with van der Waals surface area (Å²) >= 11 is 0. The Balaban J connectivity index is 0.780. The second-order valence-corrected chi connectivity index (χ2v) is 31.4. The number of carbonyl (C=O) groups is 1. The smallest absolute Gasteiger partial charge is 0.315 e. The maximum Gasteiger partial charge on any atom is 0.315 e. The molecule has 30 heteroatoms. The Hall–Kier alpha value is -1.91. The normalized spacial score (nSPS) is 54.6. The Kier molecular flexibility index (Phi) is 21.7. The second kappa shape index (κ2) is 27.7. The number of esters is 1. The summed E-state index contributed by atoms with van der Waals surface area (Å²) in [5.74, 6) is -0.744. The van der Waals surface area contributed by atoms with Gasteiger partial charge in [-0.15, -0.1) is 0 Å². The first-order valence-electron chi connectivity index (χ1n) is 34.0. The van der Waals surface area contributed by atoms with Crippen LogP contribution in [0.25, 0.3) is 0 Å². The van der Waals surface area contributed by atoms with E-state index in [1.54, 1.807) is 0 Å². The van der Waals surface area contributed by atoms with Gasteiger partial charge in [-0.25, -0.2) is 0 Å². The van der Waals surface area contributed by atoms with Crippen molar-refractivity contribution < 1.29 is 148 Å². The van der Waals surface area contributed by atoms with E-state index in [1.807, 2.05) is 0 Å². The molecule has 6 heterocycles. The van der Waals surface area contributed by atoms with Crippen LogP contribution in [-0.2, 0) is 61.6 Å². The molecular weight excluding hydrogens is 1260 g/mol. The van der Waals surface area contributed by atoms with Crippen LogP contribution in [0.1, 0.15) is 127 Å². The Morgan fingerprint density at radius 2 is 1.02 bits per heavy atom. The van der Waals surface area contributed by atoms with Crippen LogP contribution >= 0.6 is 0 Å². The van der Waals surface area contributed by atoms with E-state index in [9.17, 15) is 86.8 Å². The summed E-state index contributed by atoms with van der Waals surface area (Å²) in [5.41, 5.74) is -1.67. The fourth-order valence-corrected chi connectivity index (χ4v) is 19.0. The molecule has 0 aromatic heterocycles. The van der Waals surface area contributed by atoms with E-state index in [2.05, 4.69) is 54.5 Å². The molecule has 0 aromatic carbocycles. The van der Waals surface area contributed by atoms with Crippen LogP contribution in [0.4, 0.5) is 0 Å². The van der Waals surface area contributed by atoms with Crippen molar-refractivity contribution in [3.8, 4) is 0 Å². The van der Waals surface area contributed by atoms with Gasteiger partial charge in [0.05, 0.1) is 50.2 Å². The topological polar surface area (TPSA) is 472 Å². The van der Waals surface area contributed by atoms with Gasteiger partial charge in [-0.2, -0.15) is 0 Å². The van der Waals surface area contributed by atoms with Crippen molar-refractivity contribution in [3.05, 3.63) is 11.6 Å². The first-order valence-corrected chi connectivity index (χ1v) is 34.0. The molecule has 0 aromatic rings. The van der Waals surface area contributed by atoms with Crippen molar-refractivity contribution in [1.82, 2.24) is 0 Å². The lowest BCUT2D eigenvalue weighted by molar-refractivity contribution is -0.393. The molecule has 0 bridgehead atoms. The first-order chi connectivity index (χ1) is 44.5.